The molecule has 6 heteroatoms. The average molecular weight is 276 g/mol. The first-order valence-electron chi connectivity index (χ1n) is 7.31. The van der Waals surface area contributed by atoms with E-state index in [1.54, 1.807) is 17.4 Å². The largest absolute Gasteiger partial charge is 0.337 e. The van der Waals surface area contributed by atoms with E-state index in [2.05, 4.69) is 10.3 Å². The van der Waals surface area contributed by atoms with Crippen LogP contribution in [0, 0.1) is 0 Å². The predicted octanol–water partition coefficient (Wildman–Crippen LogP) is 1.53. The van der Waals surface area contributed by atoms with Crippen molar-refractivity contribution in [3.8, 4) is 0 Å². The number of nitrogens with one attached hydrogen (secondary N) is 1. The maximum atomic E-state index is 12.2. The molecule has 1 aromatic heterocycles. The van der Waals surface area contributed by atoms with E-state index in [-0.39, 0.29) is 11.9 Å². The normalized spacial score (nSPS) is 21.5. The van der Waals surface area contributed by atoms with Gasteiger partial charge in [-0.15, -0.1) is 0 Å². The summed E-state index contributed by atoms with van der Waals surface area (Å²) in [6, 6.07) is -0.220. The minimum absolute atomic E-state index is 0.0927. The molecule has 1 N–H and O–H groups in total. The Morgan fingerprint density at radius 2 is 2.00 bits per heavy atom. The van der Waals surface area contributed by atoms with E-state index in [0.717, 1.165) is 45.1 Å². The number of aromatic nitrogens is 2. The van der Waals surface area contributed by atoms with Gasteiger partial charge in [0, 0.05) is 25.5 Å². The molecule has 1 saturated heterocycles. The number of aryl methyl sites for hydroxylation is 1. The zero-order valence-corrected chi connectivity index (χ0v) is 11.5. The van der Waals surface area contributed by atoms with E-state index >= 15 is 0 Å². The molecule has 0 bridgehead atoms. The summed E-state index contributed by atoms with van der Waals surface area (Å²) in [7, 11) is 0. The van der Waals surface area contributed by atoms with Crippen LogP contribution in [0.5, 0.6) is 0 Å². The van der Waals surface area contributed by atoms with E-state index in [1.807, 2.05) is 10.8 Å². The van der Waals surface area contributed by atoms with Crippen molar-refractivity contribution in [3.63, 3.8) is 0 Å². The highest BCUT2D eigenvalue weighted by atomic mass is 16.2. The van der Waals surface area contributed by atoms with Crippen molar-refractivity contribution < 1.29 is 9.59 Å². The second-order valence-corrected chi connectivity index (χ2v) is 5.66. The number of nitrogens with zero attached hydrogens (tertiary/aromatic N) is 3. The highest BCUT2D eigenvalue weighted by molar-refractivity contribution is 6.07. The Bertz CT molecular complexity index is 491. The number of imidazole rings is 1. The fourth-order valence-corrected chi connectivity index (χ4v) is 3.38. The molecule has 0 atom stereocenters. The van der Waals surface area contributed by atoms with Crippen molar-refractivity contribution in [2.75, 3.05) is 6.54 Å². The smallest absolute Gasteiger partial charge is 0.325 e. The zero-order chi connectivity index (χ0) is 14.0. The molecule has 6 nitrogen and oxygen atoms in total. The number of carbonyl (C=O) groups is 2. The fourth-order valence-electron chi connectivity index (χ4n) is 3.38. The minimum atomic E-state index is -0.565. The summed E-state index contributed by atoms with van der Waals surface area (Å²) in [5, 5.41) is 2.50. The first-order chi connectivity index (χ1) is 9.72. The van der Waals surface area contributed by atoms with Gasteiger partial charge in [-0.25, -0.2) is 9.78 Å². The van der Waals surface area contributed by atoms with Crippen molar-refractivity contribution in [2.24, 2.45) is 0 Å². The lowest BCUT2D eigenvalue weighted by Gasteiger charge is -2.38. The van der Waals surface area contributed by atoms with Crippen molar-refractivity contribution >= 4 is 11.9 Å². The molecule has 1 aromatic rings. The van der Waals surface area contributed by atoms with E-state index in [1.165, 1.54) is 0 Å². The zero-order valence-electron chi connectivity index (χ0n) is 11.5. The van der Waals surface area contributed by atoms with Gasteiger partial charge in [0.15, 0.2) is 0 Å². The van der Waals surface area contributed by atoms with Crippen LogP contribution >= 0.6 is 0 Å². The Labute approximate surface area is 118 Å². The van der Waals surface area contributed by atoms with Crippen LogP contribution in [0.3, 0.4) is 0 Å². The third-order valence-corrected chi connectivity index (χ3v) is 4.44. The highest BCUT2D eigenvalue weighted by Crippen LogP contribution is 2.37. The number of hydrogen-bond donors (Lipinski definition) is 1. The van der Waals surface area contributed by atoms with Crippen LogP contribution in [0.15, 0.2) is 18.7 Å². The molecule has 20 heavy (non-hydrogen) atoms. The van der Waals surface area contributed by atoms with Crippen LogP contribution in [0.4, 0.5) is 4.79 Å². The Balaban J connectivity index is 1.66. The number of carbonyl (C=O) groups excluding carboxylic acids is 2. The number of hydrogen-bond acceptors (Lipinski definition) is 3. The molecule has 0 unspecified atom stereocenters. The van der Waals surface area contributed by atoms with Crippen LogP contribution in [0.1, 0.15) is 38.5 Å². The SMILES string of the molecule is O=C1NC(=O)C2(CCCCC2)N1CCCn1ccnc1. The summed E-state index contributed by atoms with van der Waals surface area (Å²) in [6.07, 6.45) is 11.1. The van der Waals surface area contributed by atoms with Gasteiger partial charge in [-0.1, -0.05) is 19.3 Å². The third kappa shape index (κ3) is 2.19. The monoisotopic (exact) mass is 276 g/mol. The van der Waals surface area contributed by atoms with Gasteiger partial charge in [0.2, 0.25) is 0 Å². The molecule has 1 aliphatic carbocycles. The summed E-state index contributed by atoms with van der Waals surface area (Å²) >= 11 is 0. The summed E-state index contributed by atoms with van der Waals surface area (Å²) in [5.74, 6) is -0.0927. The van der Waals surface area contributed by atoms with Gasteiger partial charge in [0.1, 0.15) is 5.54 Å². The average Bonchev–Trinajstić information content (AvgIpc) is 3.03. The quantitative estimate of drug-likeness (QED) is 0.848. The standard InChI is InChI=1S/C14H20N4O2/c19-12-14(5-2-1-3-6-14)18(13(20)16-12)9-4-8-17-10-7-15-11-17/h7,10-11H,1-6,8-9H2,(H,16,19,20). The fraction of sp³-hybridized carbons (Fsp3) is 0.643. The minimum Gasteiger partial charge on any atom is -0.337 e. The number of urea groups is 1. The van der Waals surface area contributed by atoms with Gasteiger partial charge in [-0.3, -0.25) is 10.1 Å². The van der Waals surface area contributed by atoms with Crippen molar-refractivity contribution in [1.29, 1.82) is 0 Å². The molecule has 108 valence electrons. The predicted molar refractivity (Wildman–Crippen MR) is 72.9 cm³/mol. The second kappa shape index (κ2) is 5.26. The number of imide groups is 1. The highest BCUT2D eigenvalue weighted by Gasteiger charge is 2.52. The molecule has 2 aliphatic rings. The first kappa shape index (κ1) is 13.1. The molecule has 3 rings (SSSR count). The summed E-state index contributed by atoms with van der Waals surface area (Å²) in [4.78, 5) is 30.0. The lowest BCUT2D eigenvalue weighted by atomic mass is 9.80. The Kier molecular flexibility index (Phi) is 3.46. The molecule has 2 heterocycles. The Morgan fingerprint density at radius 1 is 1.20 bits per heavy atom. The molecule has 1 aliphatic heterocycles. The Morgan fingerprint density at radius 3 is 2.70 bits per heavy atom. The van der Waals surface area contributed by atoms with Crippen molar-refractivity contribution in [3.05, 3.63) is 18.7 Å². The van der Waals surface area contributed by atoms with Gasteiger partial charge < -0.3 is 9.47 Å². The van der Waals surface area contributed by atoms with Crippen LogP contribution in [-0.2, 0) is 11.3 Å². The van der Waals surface area contributed by atoms with Gasteiger partial charge in [-0.05, 0) is 19.3 Å². The van der Waals surface area contributed by atoms with E-state index < -0.39 is 5.54 Å². The molecule has 0 aromatic carbocycles. The third-order valence-electron chi connectivity index (χ3n) is 4.44. The van der Waals surface area contributed by atoms with Crippen molar-refractivity contribution in [1.82, 2.24) is 19.8 Å². The topological polar surface area (TPSA) is 67.2 Å². The van der Waals surface area contributed by atoms with Crippen LogP contribution in [0.25, 0.3) is 0 Å². The molecule has 1 saturated carbocycles. The van der Waals surface area contributed by atoms with Gasteiger partial charge in [0.05, 0.1) is 6.33 Å². The number of amides is 3. The molecule has 1 spiro atoms. The molecular weight excluding hydrogens is 256 g/mol. The van der Waals surface area contributed by atoms with E-state index in [4.69, 9.17) is 0 Å². The maximum Gasteiger partial charge on any atom is 0.325 e. The Hall–Kier alpha value is -1.85. The molecular formula is C14H20N4O2. The van der Waals surface area contributed by atoms with Crippen molar-refractivity contribution in [2.45, 2.75) is 50.6 Å². The van der Waals surface area contributed by atoms with Crippen LogP contribution in [-0.4, -0.2) is 38.5 Å². The van der Waals surface area contributed by atoms with E-state index in [9.17, 15) is 9.59 Å². The lowest BCUT2D eigenvalue weighted by Crippen LogP contribution is -2.51. The van der Waals surface area contributed by atoms with Crippen LogP contribution in [0.2, 0.25) is 0 Å². The molecule has 3 amide bonds. The van der Waals surface area contributed by atoms with Gasteiger partial charge >= 0.3 is 6.03 Å². The number of rotatable bonds is 4. The van der Waals surface area contributed by atoms with Gasteiger partial charge in [0.25, 0.3) is 5.91 Å². The maximum absolute atomic E-state index is 12.2. The second-order valence-electron chi connectivity index (χ2n) is 5.66. The van der Waals surface area contributed by atoms with Gasteiger partial charge in [-0.2, -0.15) is 0 Å². The van der Waals surface area contributed by atoms with Crippen LogP contribution < -0.4 is 5.32 Å². The molecule has 0 radical (unpaired) electrons. The first-order valence-corrected chi connectivity index (χ1v) is 7.31. The summed E-state index contributed by atoms with van der Waals surface area (Å²) < 4.78 is 1.99. The molecule has 2 fully saturated rings. The summed E-state index contributed by atoms with van der Waals surface area (Å²) in [5.41, 5.74) is -0.565. The summed E-state index contributed by atoms with van der Waals surface area (Å²) in [6.45, 7) is 1.43. The lowest BCUT2D eigenvalue weighted by molar-refractivity contribution is -0.128. The van der Waals surface area contributed by atoms with E-state index in [0.29, 0.717) is 6.54 Å².